The van der Waals surface area contributed by atoms with Gasteiger partial charge in [-0.3, -0.25) is 4.99 Å². The van der Waals surface area contributed by atoms with E-state index in [9.17, 15) is 4.79 Å². The first kappa shape index (κ1) is 12.4. The molecule has 15 heavy (non-hydrogen) atoms. The van der Waals surface area contributed by atoms with E-state index in [1.54, 1.807) is 11.8 Å². The second-order valence-electron chi connectivity index (χ2n) is 4.33. The topological polar surface area (TPSA) is 50.7 Å². The van der Waals surface area contributed by atoms with Crippen LogP contribution in [0.2, 0.25) is 0 Å². The van der Waals surface area contributed by atoms with Gasteiger partial charge in [0.25, 0.3) is 0 Å². The highest BCUT2D eigenvalue weighted by Crippen LogP contribution is 2.11. The molecular weight excluding hydrogens is 212 g/mol. The number of rotatable bonds is 2. The average molecular weight is 230 g/mol. The summed E-state index contributed by atoms with van der Waals surface area (Å²) in [5.41, 5.74) is -0.439. The SMILES string of the molecule is CC(C)(C)OC(=O)NCC1=NCCCS1. The van der Waals surface area contributed by atoms with Gasteiger partial charge in [-0.1, -0.05) is 0 Å². The zero-order valence-corrected chi connectivity index (χ0v) is 10.3. The lowest BCUT2D eigenvalue weighted by Gasteiger charge is -2.20. The first-order valence-electron chi connectivity index (χ1n) is 5.10. The van der Waals surface area contributed by atoms with Crippen molar-refractivity contribution in [2.45, 2.75) is 32.8 Å². The Kier molecular flexibility index (Phi) is 4.45. The molecule has 5 heteroatoms. The molecule has 0 aromatic rings. The van der Waals surface area contributed by atoms with Crippen LogP contribution < -0.4 is 5.32 Å². The molecule has 0 saturated carbocycles. The summed E-state index contributed by atoms with van der Waals surface area (Å²) in [4.78, 5) is 15.6. The van der Waals surface area contributed by atoms with E-state index in [-0.39, 0.29) is 6.09 Å². The maximum Gasteiger partial charge on any atom is 0.407 e. The van der Waals surface area contributed by atoms with Crippen molar-refractivity contribution in [3.05, 3.63) is 0 Å². The number of nitrogens with zero attached hydrogens (tertiary/aromatic N) is 1. The van der Waals surface area contributed by atoms with Gasteiger partial charge < -0.3 is 10.1 Å². The van der Waals surface area contributed by atoms with Gasteiger partial charge in [0.15, 0.2) is 0 Å². The van der Waals surface area contributed by atoms with Crippen LogP contribution >= 0.6 is 11.8 Å². The minimum Gasteiger partial charge on any atom is -0.444 e. The quantitative estimate of drug-likeness (QED) is 0.790. The Morgan fingerprint density at radius 2 is 2.33 bits per heavy atom. The Morgan fingerprint density at radius 3 is 2.87 bits per heavy atom. The lowest BCUT2D eigenvalue weighted by Crippen LogP contribution is -2.35. The van der Waals surface area contributed by atoms with E-state index in [0.717, 1.165) is 23.8 Å². The van der Waals surface area contributed by atoms with Gasteiger partial charge in [0.2, 0.25) is 0 Å². The molecule has 1 heterocycles. The Labute approximate surface area is 94.9 Å². The average Bonchev–Trinajstić information content (AvgIpc) is 2.14. The lowest BCUT2D eigenvalue weighted by atomic mass is 10.2. The fourth-order valence-corrected chi connectivity index (χ4v) is 1.94. The molecule has 0 unspecified atom stereocenters. The number of carbonyl (C=O) groups excluding carboxylic acids is 1. The van der Waals surface area contributed by atoms with Crippen LogP contribution in [0.15, 0.2) is 4.99 Å². The van der Waals surface area contributed by atoms with Gasteiger partial charge in [-0.25, -0.2) is 4.79 Å². The predicted octanol–water partition coefficient (Wildman–Crippen LogP) is 2.05. The summed E-state index contributed by atoms with van der Waals surface area (Å²) < 4.78 is 5.11. The number of aliphatic imine (C=N–C) groups is 1. The Balaban J connectivity index is 2.24. The Bertz CT molecular complexity index is 259. The predicted molar refractivity (Wildman–Crippen MR) is 63.6 cm³/mol. The van der Waals surface area contributed by atoms with Crippen molar-refractivity contribution < 1.29 is 9.53 Å². The van der Waals surface area contributed by atoms with Crippen molar-refractivity contribution in [3.8, 4) is 0 Å². The van der Waals surface area contributed by atoms with Gasteiger partial charge in [0, 0.05) is 12.3 Å². The standard InChI is InChI=1S/C10H18N2O2S/c1-10(2,3)14-9(13)12-7-8-11-5-4-6-15-8/h4-7H2,1-3H3,(H,12,13). The van der Waals surface area contributed by atoms with Crippen LogP contribution in [0.1, 0.15) is 27.2 Å². The van der Waals surface area contributed by atoms with Gasteiger partial charge in [-0.15, -0.1) is 11.8 Å². The van der Waals surface area contributed by atoms with Crippen molar-refractivity contribution in [1.29, 1.82) is 0 Å². The van der Waals surface area contributed by atoms with E-state index in [1.807, 2.05) is 20.8 Å². The van der Waals surface area contributed by atoms with Crippen LogP contribution in [0.25, 0.3) is 0 Å². The number of ether oxygens (including phenoxy) is 1. The molecule has 0 aliphatic carbocycles. The van der Waals surface area contributed by atoms with E-state index in [4.69, 9.17) is 4.74 Å². The van der Waals surface area contributed by atoms with Crippen LogP contribution in [0, 0.1) is 0 Å². The highest BCUT2D eigenvalue weighted by Gasteiger charge is 2.16. The number of nitrogens with one attached hydrogen (secondary N) is 1. The van der Waals surface area contributed by atoms with Crippen molar-refractivity contribution >= 4 is 22.9 Å². The molecule has 1 rings (SSSR count). The summed E-state index contributed by atoms with van der Waals surface area (Å²) in [5.74, 6) is 1.09. The molecule has 1 aliphatic rings. The van der Waals surface area contributed by atoms with Crippen LogP contribution in [0.3, 0.4) is 0 Å². The number of hydrogen-bond donors (Lipinski definition) is 1. The van der Waals surface area contributed by atoms with E-state index >= 15 is 0 Å². The molecule has 0 bridgehead atoms. The van der Waals surface area contributed by atoms with Crippen molar-refractivity contribution in [3.63, 3.8) is 0 Å². The molecule has 1 aliphatic heterocycles. The second-order valence-corrected chi connectivity index (χ2v) is 5.50. The molecule has 1 N–H and O–H groups in total. The molecule has 0 fully saturated rings. The van der Waals surface area contributed by atoms with Crippen molar-refractivity contribution in [2.24, 2.45) is 4.99 Å². The maximum atomic E-state index is 11.3. The summed E-state index contributed by atoms with van der Waals surface area (Å²) in [5, 5.41) is 3.69. The van der Waals surface area contributed by atoms with Crippen molar-refractivity contribution in [1.82, 2.24) is 5.32 Å². The molecule has 1 amide bonds. The van der Waals surface area contributed by atoms with Crippen molar-refractivity contribution in [2.75, 3.05) is 18.8 Å². The number of amides is 1. The molecule has 0 radical (unpaired) electrons. The van der Waals surface area contributed by atoms with Crippen LogP contribution in [0.5, 0.6) is 0 Å². The van der Waals surface area contributed by atoms with E-state index < -0.39 is 5.60 Å². The van der Waals surface area contributed by atoms with Crippen LogP contribution in [-0.2, 0) is 4.74 Å². The summed E-state index contributed by atoms with van der Waals surface area (Å²) >= 11 is 1.70. The highest BCUT2D eigenvalue weighted by molar-refractivity contribution is 8.14. The fourth-order valence-electron chi connectivity index (χ4n) is 1.07. The number of hydrogen-bond acceptors (Lipinski definition) is 4. The third kappa shape index (κ3) is 5.67. The molecule has 0 spiro atoms. The Hall–Kier alpha value is -0.710. The molecule has 0 saturated heterocycles. The first-order valence-corrected chi connectivity index (χ1v) is 6.09. The normalized spacial score (nSPS) is 16.9. The smallest absolute Gasteiger partial charge is 0.407 e. The summed E-state index contributed by atoms with van der Waals surface area (Å²) in [6.45, 7) is 6.90. The fraction of sp³-hybridized carbons (Fsp3) is 0.800. The molecule has 0 aromatic carbocycles. The lowest BCUT2D eigenvalue weighted by molar-refractivity contribution is 0.0536. The van der Waals surface area contributed by atoms with E-state index in [1.165, 1.54) is 0 Å². The minimum atomic E-state index is -0.439. The third-order valence-electron chi connectivity index (χ3n) is 1.64. The second kappa shape index (κ2) is 5.39. The number of carbonyl (C=O) groups is 1. The monoisotopic (exact) mass is 230 g/mol. The molecule has 0 atom stereocenters. The number of alkyl carbamates (subject to hydrolysis) is 1. The van der Waals surface area contributed by atoms with Gasteiger partial charge in [0.05, 0.1) is 11.6 Å². The van der Waals surface area contributed by atoms with Crippen LogP contribution in [-0.4, -0.2) is 35.6 Å². The third-order valence-corrected chi connectivity index (χ3v) is 2.74. The molecule has 0 aromatic heterocycles. The number of thioether (sulfide) groups is 1. The van der Waals surface area contributed by atoms with E-state index in [2.05, 4.69) is 10.3 Å². The van der Waals surface area contributed by atoms with Gasteiger partial charge in [0.1, 0.15) is 5.60 Å². The zero-order valence-electron chi connectivity index (χ0n) is 9.50. The van der Waals surface area contributed by atoms with Gasteiger partial charge in [-0.2, -0.15) is 0 Å². The minimum absolute atomic E-state index is 0.378. The first-order chi connectivity index (χ1) is 6.97. The summed E-state index contributed by atoms with van der Waals surface area (Å²) in [6, 6.07) is 0. The maximum absolute atomic E-state index is 11.3. The molecule has 86 valence electrons. The summed E-state index contributed by atoms with van der Waals surface area (Å²) in [6.07, 6.45) is 0.747. The summed E-state index contributed by atoms with van der Waals surface area (Å²) in [7, 11) is 0. The largest absolute Gasteiger partial charge is 0.444 e. The molecule has 4 nitrogen and oxygen atoms in total. The highest BCUT2D eigenvalue weighted by atomic mass is 32.2. The van der Waals surface area contributed by atoms with Crippen LogP contribution in [0.4, 0.5) is 4.79 Å². The Morgan fingerprint density at radius 1 is 1.60 bits per heavy atom. The van der Waals surface area contributed by atoms with Gasteiger partial charge in [-0.05, 0) is 27.2 Å². The zero-order chi connectivity index (χ0) is 11.3. The van der Waals surface area contributed by atoms with E-state index in [0.29, 0.717) is 6.54 Å². The molecular formula is C10H18N2O2S. The van der Waals surface area contributed by atoms with Gasteiger partial charge >= 0.3 is 6.09 Å².